The molecule has 0 saturated heterocycles. The van der Waals surface area contributed by atoms with Gasteiger partial charge in [0.2, 0.25) is 0 Å². The fraction of sp³-hybridized carbons (Fsp3) is 0.111. The third-order valence-electron chi connectivity index (χ3n) is 3.75. The fourth-order valence-electron chi connectivity index (χ4n) is 2.88. The van der Waals surface area contributed by atoms with Gasteiger partial charge >= 0.3 is 0 Å². The predicted octanol–water partition coefficient (Wildman–Crippen LogP) is 3.60. The molecule has 0 amide bonds. The first-order valence-electron chi connectivity index (χ1n) is 6.98. The molecule has 0 aliphatic rings. The van der Waals surface area contributed by atoms with Gasteiger partial charge in [-0.3, -0.25) is 0 Å². The van der Waals surface area contributed by atoms with Crippen LogP contribution in [0.1, 0.15) is 13.8 Å². The van der Waals surface area contributed by atoms with Gasteiger partial charge in [-0.05, 0) is 32.3 Å². The van der Waals surface area contributed by atoms with Gasteiger partial charge in [-0.1, -0.05) is 73.6 Å². The van der Waals surface area contributed by atoms with Crippen molar-refractivity contribution in [1.82, 2.24) is 0 Å². The average Bonchev–Trinajstić information content (AvgIpc) is 2.49. The fourth-order valence-corrected chi connectivity index (χ4v) is 3.46. The van der Waals surface area contributed by atoms with Crippen LogP contribution in [-0.2, 0) is 0 Å². The van der Waals surface area contributed by atoms with Crippen molar-refractivity contribution in [3.8, 4) is 0 Å². The Morgan fingerprint density at radius 1 is 0.632 bits per heavy atom. The lowest BCUT2D eigenvalue weighted by Gasteiger charge is -2.11. The Labute approximate surface area is 116 Å². The first kappa shape index (κ1) is 12.2. The van der Waals surface area contributed by atoms with E-state index in [1.165, 1.54) is 37.5 Å². The minimum absolute atomic E-state index is 1.11. The van der Waals surface area contributed by atoms with Crippen LogP contribution in [0.15, 0.2) is 54.6 Å². The summed E-state index contributed by atoms with van der Waals surface area (Å²) in [5.41, 5.74) is 0. The van der Waals surface area contributed by atoms with Gasteiger partial charge in [-0.2, -0.15) is 0 Å². The lowest BCUT2D eigenvalue weighted by Crippen LogP contribution is -2.03. The maximum atomic E-state index is 2.28. The van der Waals surface area contributed by atoms with Crippen LogP contribution in [0.2, 0.25) is 0 Å². The monoisotopic (exact) mass is 262 g/mol. The molecule has 0 N–H and O–H groups in total. The van der Waals surface area contributed by atoms with Gasteiger partial charge in [0.1, 0.15) is 0 Å². The second-order valence-corrected chi connectivity index (χ2v) is 5.82. The smallest absolute Gasteiger partial charge is 0.0393 e. The molecule has 19 heavy (non-hydrogen) atoms. The van der Waals surface area contributed by atoms with E-state index in [1.807, 2.05) is 13.8 Å². The van der Waals surface area contributed by atoms with Gasteiger partial charge < -0.3 is 0 Å². The molecule has 0 aliphatic carbocycles. The van der Waals surface area contributed by atoms with Gasteiger partial charge in [0.05, 0.1) is 0 Å². The second kappa shape index (κ2) is 4.67. The summed E-state index contributed by atoms with van der Waals surface area (Å²) in [5, 5.41) is 9.90. The van der Waals surface area contributed by atoms with Crippen molar-refractivity contribution in [3.05, 3.63) is 54.6 Å². The molecule has 0 aromatic heterocycles. The van der Waals surface area contributed by atoms with Gasteiger partial charge in [0.15, 0.2) is 0 Å². The summed E-state index contributed by atoms with van der Waals surface area (Å²) in [5.74, 6) is 0. The Bertz CT molecular complexity index is 830. The molecule has 94 valence electrons. The van der Waals surface area contributed by atoms with Crippen LogP contribution < -0.4 is 5.19 Å². The molecular weight excluding hydrogens is 244 g/mol. The van der Waals surface area contributed by atoms with Crippen molar-refractivity contribution in [1.29, 1.82) is 0 Å². The highest BCUT2D eigenvalue weighted by Crippen LogP contribution is 2.33. The maximum Gasteiger partial charge on any atom is 0.0393 e. The van der Waals surface area contributed by atoms with Gasteiger partial charge in [-0.15, -0.1) is 0 Å². The molecule has 4 aromatic rings. The minimum atomic E-state index is 1.11. The van der Waals surface area contributed by atoms with Gasteiger partial charge in [-0.25, -0.2) is 0 Å². The molecule has 0 atom stereocenters. The summed E-state index contributed by atoms with van der Waals surface area (Å²) in [4.78, 5) is 0. The zero-order chi connectivity index (χ0) is 13.4. The number of hydrogen-bond donors (Lipinski definition) is 0. The summed E-state index contributed by atoms with van der Waals surface area (Å²) in [7, 11) is 1.11. The third kappa shape index (κ3) is 1.73. The molecule has 0 nitrogen and oxygen atoms in total. The first-order chi connectivity index (χ1) is 9.34. The van der Waals surface area contributed by atoms with Crippen LogP contribution in [0.5, 0.6) is 0 Å². The highest BCUT2D eigenvalue weighted by atomic mass is 28.1. The molecule has 0 fully saturated rings. The van der Waals surface area contributed by atoms with E-state index in [0.29, 0.717) is 0 Å². The quantitative estimate of drug-likeness (QED) is 0.335. The van der Waals surface area contributed by atoms with Crippen molar-refractivity contribution >= 4 is 47.7 Å². The van der Waals surface area contributed by atoms with E-state index in [1.54, 1.807) is 0 Å². The van der Waals surface area contributed by atoms with E-state index in [4.69, 9.17) is 0 Å². The molecule has 0 heterocycles. The predicted molar refractivity (Wildman–Crippen MR) is 91.1 cm³/mol. The van der Waals surface area contributed by atoms with Crippen molar-refractivity contribution < 1.29 is 0 Å². The molecule has 4 rings (SSSR count). The molecule has 0 bridgehead atoms. The van der Waals surface area contributed by atoms with Crippen LogP contribution in [-0.4, -0.2) is 10.2 Å². The van der Waals surface area contributed by atoms with E-state index < -0.39 is 0 Å². The number of benzene rings is 4. The maximum absolute atomic E-state index is 2.28. The Balaban J connectivity index is 0.000000528. The van der Waals surface area contributed by atoms with Gasteiger partial charge in [0.25, 0.3) is 0 Å². The minimum Gasteiger partial charge on any atom is -0.0683 e. The van der Waals surface area contributed by atoms with Crippen molar-refractivity contribution in [2.45, 2.75) is 13.8 Å². The zero-order valence-corrected chi connectivity index (χ0v) is 13.7. The van der Waals surface area contributed by atoms with E-state index >= 15 is 0 Å². The molecule has 0 unspecified atom stereocenters. The largest absolute Gasteiger partial charge is 0.0683 e. The summed E-state index contributed by atoms with van der Waals surface area (Å²) in [6, 6.07) is 20.1. The Kier molecular flexibility index (Phi) is 3.00. The molecule has 1 heteroatoms. The summed E-state index contributed by atoms with van der Waals surface area (Å²) in [6.45, 7) is 4.00. The Hall–Kier alpha value is -1.86. The first-order valence-corrected chi connectivity index (χ1v) is 7.98. The number of hydrogen-bond acceptors (Lipinski definition) is 0. The average molecular weight is 262 g/mol. The SMILES string of the molecule is CC.[SiH3]c1ccc2ccc3cccc4ccc1c2c34. The lowest BCUT2D eigenvalue weighted by atomic mass is 9.94. The van der Waals surface area contributed by atoms with E-state index in [-0.39, 0.29) is 0 Å². The third-order valence-corrected chi connectivity index (χ3v) is 4.62. The van der Waals surface area contributed by atoms with Crippen LogP contribution in [0.25, 0.3) is 32.3 Å². The summed E-state index contributed by atoms with van der Waals surface area (Å²) in [6.07, 6.45) is 0. The highest BCUT2D eigenvalue weighted by Gasteiger charge is 2.08. The van der Waals surface area contributed by atoms with E-state index in [9.17, 15) is 0 Å². The molecular formula is C18H18Si. The topological polar surface area (TPSA) is 0 Å². The van der Waals surface area contributed by atoms with E-state index in [2.05, 4.69) is 54.6 Å². The Morgan fingerprint density at radius 2 is 1.16 bits per heavy atom. The Morgan fingerprint density at radius 3 is 1.84 bits per heavy atom. The van der Waals surface area contributed by atoms with Crippen LogP contribution >= 0.6 is 0 Å². The highest BCUT2D eigenvalue weighted by molar-refractivity contribution is 6.42. The lowest BCUT2D eigenvalue weighted by molar-refractivity contribution is 1.50. The second-order valence-electron chi connectivity index (χ2n) is 4.74. The molecule has 4 aromatic carbocycles. The standard InChI is InChI=1S/C16H12Si.C2H6/c17-14-9-7-12-5-4-10-2-1-3-11-6-8-13(14)16(12)15(10)11;1-2/h1-9H,17H3;1-2H3. The van der Waals surface area contributed by atoms with Crippen molar-refractivity contribution in [3.63, 3.8) is 0 Å². The van der Waals surface area contributed by atoms with Crippen LogP contribution in [0.4, 0.5) is 0 Å². The molecule has 0 saturated carbocycles. The van der Waals surface area contributed by atoms with Gasteiger partial charge in [0, 0.05) is 10.2 Å². The van der Waals surface area contributed by atoms with E-state index in [0.717, 1.165) is 10.2 Å². The normalized spacial score (nSPS) is 11.1. The zero-order valence-electron chi connectivity index (χ0n) is 11.7. The van der Waals surface area contributed by atoms with Crippen LogP contribution in [0, 0.1) is 0 Å². The molecule has 0 spiro atoms. The molecule has 0 aliphatic heterocycles. The number of rotatable bonds is 0. The molecule has 0 radical (unpaired) electrons. The van der Waals surface area contributed by atoms with Crippen LogP contribution in [0.3, 0.4) is 0 Å². The summed E-state index contributed by atoms with van der Waals surface area (Å²) < 4.78 is 0. The van der Waals surface area contributed by atoms with Crippen molar-refractivity contribution in [2.75, 3.05) is 0 Å². The van der Waals surface area contributed by atoms with Crippen molar-refractivity contribution in [2.24, 2.45) is 0 Å². The summed E-state index contributed by atoms with van der Waals surface area (Å²) >= 11 is 0.